The minimum Gasteiger partial charge on any atom is -0.444 e. The average Bonchev–Trinajstić information content (AvgIpc) is 3.82. The molecule has 15 nitrogen and oxygen atoms in total. The number of hydrogen-bond acceptors (Lipinski definition) is 9. The fourth-order valence-electron chi connectivity index (χ4n) is 8.28. The van der Waals surface area contributed by atoms with Gasteiger partial charge in [-0.25, -0.2) is 4.79 Å². The highest BCUT2D eigenvalue weighted by atomic mass is 16.6. The second kappa shape index (κ2) is 17.7. The second-order valence-corrected chi connectivity index (χ2v) is 17.7. The number of amides is 6. The molecule has 6 atom stereocenters. The zero-order valence-electron chi connectivity index (χ0n) is 33.9. The third-order valence-electron chi connectivity index (χ3n) is 11.1. The van der Waals surface area contributed by atoms with Crippen molar-refractivity contribution in [1.82, 2.24) is 31.1 Å². The summed E-state index contributed by atoms with van der Waals surface area (Å²) in [4.78, 5) is 97.8. The number of nitrogens with one attached hydrogen (secondary N) is 4. The van der Waals surface area contributed by atoms with Crippen molar-refractivity contribution >= 4 is 41.4 Å². The molecule has 0 radical (unpaired) electrons. The smallest absolute Gasteiger partial charge is 0.408 e. The van der Waals surface area contributed by atoms with Crippen molar-refractivity contribution in [3.63, 3.8) is 0 Å². The Bertz CT molecular complexity index is 1630. The molecule has 0 spiro atoms. The third kappa shape index (κ3) is 11.1. The van der Waals surface area contributed by atoms with E-state index in [0.29, 0.717) is 12.0 Å². The lowest BCUT2D eigenvalue weighted by atomic mass is 9.83. The first-order valence-electron chi connectivity index (χ1n) is 20.0. The maximum Gasteiger partial charge on any atom is 0.408 e. The lowest BCUT2D eigenvalue weighted by molar-refractivity contribution is -0.145. The molecule has 1 aromatic carbocycles. The van der Waals surface area contributed by atoms with E-state index in [1.165, 1.54) is 9.80 Å². The number of likely N-dealkylation sites (N-methyl/N-ethyl adjacent to an activating group) is 1. The monoisotopic (exact) mass is 780 g/mol. The minimum atomic E-state index is -1.20. The summed E-state index contributed by atoms with van der Waals surface area (Å²) < 4.78 is 11.9. The predicted octanol–water partition coefficient (Wildman–Crippen LogP) is 2.77. The zero-order valence-corrected chi connectivity index (χ0v) is 33.9. The number of carbonyl (C=O) groups is 7. The predicted molar refractivity (Wildman–Crippen MR) is 206 cm³/mol. The normalized spacial score (nSPS) is 23.5. The quantitative estimate of drug-likeness (QED) is 0.206. The number of fused-ring (bicyclic) bond motifs is 1. The van der Waals surface area contributed by atoms with Gasteiger partial charge >= 0.3 is 6.09 Å². The molecular formula is C41H60N6O9. The molecule has 1 aromatic rings. The first-order valence-corrected chi connectivity index (χ1v) is 20.0. The summed E-state index contributed by atoms with van der Waals surface area (Å²) in [7, 11) is 3.13. The number of ether oxygens (including phenoxy) is 2. The fourth-order valence-corrected chi connectivity index (χ4v) is 8.28. The van der Waals surface area contributed by atoms with Crippen LogP contribution >= 0.6 is 0 Å². The molecule has 2 heterocycles. The number of benzene rings is 1. The highest BCUT2D eigenvalue weighted by Gasteiger charge is 2.56. The van der Waals surface area contributed by atoms with Gasteiger partial charge in [-0.05, 0) is 77.7 Å². The topological polar surface area (TPSA) is 193 Å². The van der Waals surface area contributed by atoms with Crippen molar-refractivity contribution < 1.29 is 43.0 Å². The molecule has 2 aliphatic carbocycles. The Hall–Kier alpha value is -4.53. The van der Waals surface area contributed by atoms with E-state index < -0.39 is 83.5 Å². The van der Waals surface area contributed by atoms with Crippen LogP contribution in [0.2, 0.25) is 0 Å². The summed E-state index contributed by atoms with van der Waals surface area (Å²) in [5, 5.41) is 10.7. The number of Topliss-reactive ketones (excluding diaryl/α,β-unsaturated/α-hetero) is 1. The molecule has 0 aromatic heterocycles. The van der Waals surface area contributed by atoms with Crippen LogP contribution in [0.15, 0.2) is 30.3 Å². The highest BCUT2D eigenvalue weighted by Crippen LogP contribution is 2.44. The average molecular weight is 781 g/mol. The van der Waals surface area contributed by atoms with Crippen LogP contribution in [0.25, 0.3) is 0 Å². The highest BCUT2D eigenvalue weighted by molar-refractivity contribution is 6.38. The van der Waals surface area contributed by atoms with Gasteiger partial charge in [-0.2, -0.15) is 0 Å². The van der Waals surface area contributed by atoms with Gasteiger partial charge in [0.25, 0.3) is 5.91 Å². The standard InChI is InChI=1S/C41H60N6O9/c1-40(2,3)56-39(54)45-32(26-16-12-9-13-17-26)38(53)47-23-29-27(21-41(4,5)55-29)33(47)35(50)43-28(20-24-18-19-24)34(49)36(51)42-22-30(48)44-31(37(52)46(6)7)25-14-10-8-11-15-25/h8,10-11,14-15,24,26-29,31-33H,9,12-13,16-23H2,1-7H3,(H,42,51)(H,43,50)(H,44,48)(H,45,54)/t27-,28?,29-,31-,32?,33?/m0/s1. The Morgan fingerprint density at radius 1 is 0.929 bits per heavy atom. The number of alkyl carbamates (subject to hydrolysis) is 1. The van der Waals surface area contributed by atoms with Crippen molar-refractivity contribution in [2.75, 3.05) is 27.2 Å². The Morgan fingerprint density at radius 2 is 1.59 bits per heavy atom. The molecule has 4 N–H and O–H groups in total. The lowest BCUT2D eigenvalue weighted by Crippen LogP contribution is -2.59. The molecule has 3 unspecified atom stereocenters. The van der Waals surface area contributed by atoms with E-state index in [4.69, 9.17) is 9.47 Å². The number of nitrogens with zero attached hydrogens (tertiary/aromatic N) is 2. The van der Waals surface area contributed by atoms with E-state index in [1.54, 1.807) is 65.2 Å². The summed E-state index contributed by atoms with van der Waals surface area (Å²) in [5.74, 6) is -4.42. The van der Waals surface area contributed by atoms with Gasteiger partial charge in [0.05, 0.1) is 24.3 Å². The van der Waals surface area contributed by atoms with E-state index in [9.17, 15) is 33.6 Å². The van der Waals surface area contributed by atoms with Crippen LogP contribution in [0.3, 0.4) is 0 Å². The van der Waals surface area contributed by atoms with E-state index in [-0.39, 0.29) is 36.6 Å². The molecule has 6 amide bonds. The van der Waals surface area contributed by atoms with E-state index in [2.05, 4.69) is 21.3 Å². The molecule has 2 saturated carbocycles. The van der Waals surface area contributed by atoms with Gasteiger partial charge < -0.3 is 40.5 Å². The van der Waals surface area contributed by atoms with Gasteiger partial charge in [0.1, 0.15) is 23.7 Å². The molecule has 2 aliphatic heterocycles. The Balaban J connectivity index is 1.31. The lowest BCUT2D eigenvalue weighted by Gasteiger charge is -2.36. The van der Waals surface area contributed by atoms with Gasteiger partial charge in [-0.3, -0.25) is 28.8 Å². The van der Waals surface area contributed by atoms with Crippen molar-refractivity contribution in [2.24, 2.45) is 17.8 Å². The second-order valence-electron chi connectivity index (χ2n) is 17.7. The van der Waals surface area contributed by atoms with Crippen LogP contribution in [0.4, 0.5) is 4.79 Å². The van der Waals surface area contributed by atoms with Crippen molar-refractivity contribution in [3.05, 3.63) is 35.9 Å². The molecular weight excluding hydrogens is 720 g/mol. The first-order chi connectivity index (χ1) is 26.3. The van der Waals surface area contributed by atoms with Gasteiger partial charge in [0.2, 0.25) is 29.4 Å². The zero-order chi connectivity index (χ0) is 40.9. The van der Waals surface area contributed by atoms with Gasteiger partial charge in [-0.15, -0.1) is 0 Å². The number of rotatable bonds is 14. The molecule has 4 fully saturated rings. The third-order valence-corrected chi connectivity index (χ3v) is 11.1. The number of hydrogen-bond donors (Lipinski definition) is 4. The van der Waals surface area contributed by atoms with E-state index >= 15 is 0 Å². The van der Waals surface area contributed by atoms with Gasteiger partial charge in [-0.1, -0.05) is 62.4 Å². The molecule has 5 rings (SSSR count). The summed E-state index contributed by atoms with van der Waals surface area (Å²) in [6, 6.07) is 4.51. The van der Waals surface area contributed by atoms with E-state index in [0.717, 1.165) is 44.9 Å². The van der Waals surface area contributed by atoms with Crippen molar-refractivity contribution in [1.29, 1.82) is 0 Å². The largest absolute Gasteiger partial charge is 0.444 e. The summed E-state index contributed by atoms with van der Waals surface area (Å²) in [6.45, 7) is 8.65. The molecule has 2 saturated heterocycles. The van der Waals surface area contributed by atoms with Crippen LogP contribution < -0.4 is 21.3 Å². The van der Waals surface area contributed by atoms with Crippen molar-refractivity contribution in [3.8, 4) is 0 Å². The molecule has 15 heteroatoms. The number of likely N-dealkylation sites (tertiary alicyclic amines) is 1. The molecule has 56 heavy (non-hydrogen) atoms. The summed E-state index contributed by atoms with van der Waals surface area (Å²) in [5.41, 5.74) is -0.787. The van der Waals surface area contributed by atoms with Crippen LogP contribution in [0.1, 0.15) is 104 Å². The Morgan fingerprint density at radius 3 is 2.20 bits per heavy atom. The minimum absolute atomic E-state index is 0.126. The van der Waals surface area contributed by atoms with Crippen LogP contribution in [0.5, 0.6) is 0 Å². The van der Waals surface area contributed by atoms with Crippen LogP contribution in [-0.2, 0) is 38.2 Å². The van der Waals surface area contributed by atoms with Gasteiger partial charge in [0, 0.05) is 26.6 Å². The van der Waals surface area contributed by atoms with E-state index in [1.807, 2.05) is 13.8 Å². The number of ketones is 1. The van der Waals surface area contributed by atoms with Crippen molar-refractivity contribution in [2.45, 2.75) is 134 Å². The van der Waals surface area contributed by atoms with Crippen LogP contribution in [0, 0.1) is 17.8 Å². The fraction of sp³-hybridized carbons (Fsp3) is 0.683. The number of carbonyl (C=O) groups excluding carboxylic acids is 7. The van der Waals surface area contributed by atoms with Crippen LogP contribution in [-0.4, -0.2) is 114 Å². The molecule has 308 valence electrons. The first kappa shape index (κ1) is 42.6. The Kier molecular flexibility index (Phi) is 13.5. The summed E-state index contributed by atoms with van der Waals surface area (Å²) in [6.07, 6.45) is 5.53. The summed E-state index contributed by atoms with van der Waals surface area (Å²) >= 11 is 0. The SMILES string of the molecule is CN(C)C(=O)[C@@H](NC(=O)CNC(=O)C(=O)C(CC1CC1)NC(=O)C1[C@H]2CC(C)(C)O[C@H]2CN1C(=O)C(NC(=O)OC(C)(C)C)C1CCCCC1)c1ccccc1. The molecule has 4 aliphatic rings. The Labute approximate surface area is 329 Å². The van der Waals surface area contributed by atoms with Gasteiger partial charge in [0.15, 0.2) is 0 Å². The maximum atomic E-state index is 14.6. The maximum absolute atomic E-state index is 14.6. The molecule has 0 bridgehead atoms.